The van der Waals surface area contributed by atoms with Gasteiger partial charge in [-0.15, -0.1) is 0 Å². The highest BCUT2D eigenvalue weighted by atomic mass is 19.2. The fourth-order valence-corrected chi connectivity index (χ4v) is 3.34. The minimum Gasteiger partial charge on any atom is -0.331 e. The van der Waals surface area contributed by atoms with Crippen LogP contribution in [0.25, 0.3) is 5.57 Å². The van der Waals surface area contributed by atoms with E-state index >= 15 is 0 Å². The van der Waals surface area contributed by atoms with E-state index in [1.807, 2.05) is 32.9 Å². The predicted molar refractivity (Wildman–Crippen MR) is 97.5 cm³/mol. The van der Waals surface area contributed by atoms with Gasteiger partial charge in [0.1, 0.15) is 0 Å². The van der Waals surface area contributed by atoms with E-state index in [1.165, 1.54) is 12.3 Å². The number of rotatable bonds is 4. The van der Waals surface area contributed by atoms with Crippen molar-refractivity contribution in [3.63, 3.8) is 0 Å². The number of hydrogen-bond acceptors (Lipinski definition) is 2. The molecule has 0 saturated heterocycles. The molecule has 0 radical (unpaired) electrons. The Labute approximate surface area is 145 Å². The number of aliphatic imine (C=N–C) groups is 1. The topological polar surface area (TPSA) is 34.4 Å². The Bertz CT molecular complexity index is 902. The molecule has 25 heavy (non-hydrogen) atoms. The van der Waals surface area contributed by atoms with Crippen molar-refractivity contribution in [2.24, 2.45) is 4.99 Å². The molecule has 1 aliphatic heterocycles. The summed E-state index contributed by atoms with van der Waals surface area (Å²) in [5.74, 6) is 0. The summed E-state index contributed by atoms with van der Waals surface area (Å²) in [5.41, 5.74) is 5.62. The number of allylic oxidation sites excluding steroid dienone is 2. The summed E-state index contributed by atoms with van der Waals surface area (Å²) < 4.78 is 28.0. The van der Waals surface area contributed by atoms with Crippen LogP contribution in [0, 0.1) is 20.8 Å². The summed E-state index contributed by atoms with van der Waals surface area (Å²) in [5, 5.41) is 0. The first-order chi connectivity index (χ1) is 11.9. The Morgan fingerprint density at radius 2 is 1.84 bits per heavy atom. The average molecular weight is 338 g/mol. The zero-order valence-electron chi connectivity index (χ0n) is 14.3. The third-order valence-electron chi connectivity index (χ3n) is 4.21. The van der Waals surface area contributed by atoms with Crippen LogP contribution in [-0.4, -0.2) is 24.4 Å². The molecule has 1 aromatic heterocycles. The van der Waals surface area contributed by atoms with Crippen molar-refractivity contribution in [1.29, 1.82) is 0 Å². The van der Waals surface area contributed by atoms with Gasteiger partial charge in [-0.2, -0.15) is 0 Å². The number of aromatic nitrogens is 1. The third kappa shape index (κ3) is 3.12. The first kappa shape index (κ1) is 17.1. The van der Waals surface area contributed by atoms with Crippen LogP contribution < -0.4 is 0 Å². The minimum atomic E-state index is -2.75. The number of carbonyl (C=O) groups is 1. The Hall–Kier alpha value is -2.76. The van der Waals surface area contributed by atoms with E-state index in [0.29, 0.717) is 17.6 Å². The molecular weight excluding hydrogens is 321 g/mol. The molecule has 1 aromatic carbocycles. The van der Waals surface area contributed by atoms with Crippen molar-refractivity contribution in [3.05, 3.63) is 75.8 Å². The molecule has 0 aliphatic carbocycles. The summed E-state index contributed by atoms with van der Waals surface area (Å²) in [6, 6.07) is 5.52. The lowest BCUT2D eigenvalue weighted by molar-refractivity contribution is 0.112. The van der Waals surface area contributed by atoms with Crippen LogP contribution in [0.3, 0.4) is 0 Å². The van der Waals surface area contributed by atoms with Crippen molar-refractivity contribution < 1.29 is 13.4 Å². The van der Waals surface area contributed by atoms with Crippen LogP contribution in [0.1, 0.15) is 38.3 Å². The van der Waals surface area contributed by atoms with Crippen LogP contribution in [0.4, 0.5) is 8.63 Å². The lowest BCUT2D eigenvalue weighted by Crippen LogP contribution is -2.16. The second kappa shape index (κ2) is 6.63. The van der Waals surface area contributed by atoms with Gasteiger partial charge >= 0.3 is 7.40 Å². The van der Waals surface area contributed by atoms with E-state index in [9.17, 15) is 13.4 Å². The van der Waals surface area contributed by atoms with Gasteiger partial charge in [-0.1, -0.05) is 17.7 Å². The maximum atomic E-state index is 13.6. The normalized spacial score (nSPS) is 14.9. The molecule has 0 amide bonds. The molecule has 2 heterocycles. The number of benzene rings is 1. The Morgan fingerprint density at radius 1 is 1.16 bits per heavy atom. The number of halogens is 2. The van der Waals surface area contributed by atoms with Crippen LogP contribution in [-0.2, 0) is 0 Å². The van der Waals surface area contributed by atoms with Crippen molar-refractivity contribution >= 4 is 25.5 Å². The molecule has 0 N–H and O–H groups in total. The van der Waals surface area contributed by atoms with Gasteiger partial charge in [0.25, 0.3) is 0 Å². The SMILES string of the molecule is Cc1cc(C)c(/C(=C2\C=CC=N2)c2cc(C=O)cn2B(F)F)c(C)c1. The molecule has 0 unspecified atom stereocenters. The Balaban J connectivity index is 2.36. The van der Waals surface area contributed by atoms with Gasteiger partial charge in [0.15, 0.2) is 6.29 Å². The van der Waals surface area contributed by atoms with Crippen molar-refractivity contribution in [3.8, 4) is 0 Å². The van der Waals surface area contributed by atoms with Crippen molar-refractivity contribution in [2.75, 3.05) is 0 Å². The highest BCUT2D eigenvalue weighted by Crippen LogP contribution is 2.35. The summed E-state index contributed by atoms with van der Waals surface area (Å²) in [4.78, 5) is 15.5. The number of carbonyl (C=O) groups excluding carboxylic acids is 1. The molecule has 0 atom stereocenters. The van der Waals surface area contributed by atoms with E-state index in [0.717, 1.165) is 26.7 Å². The first-order valence-electron chi connectivity index (χ1n) is 7.91. The zero-order chi connectivity index (χ0) is 18.1. The number of nitrogens with zero attached hydrogens (tertiary/aromatic N) is 2. The molecule has 126 valence electrons. The fraction of sp³-hybridized carbons (Fsp3) is 0.158. The van der Waals surface area contributed by atoms with Gasteiger partial charge in [0, 0.05) is 29.2 Å². The van der Waals surface area contributed by atoms with Gasteiger partial charge in [-0.3, -0.25) is 18.4 Å². The molecule has 1 aliphatic rings. The maximum absolute atomic E-state index is 13.6. The maximum Gasteiger partial charge on any atom is 0.677 e. The summed E-state index contributed by atoms with van der Waals surface area (Å²) in [7, 11) is -2.75. The first-order valence-corrected chi connectivity index (χ1v) is 7.91. The molecule has 0 saturated carbocycles. The lowest BCUT2D eigenvalue weighted by atomic mass is 9.90. The van der Waals surface area contributed by atoms with Crippen LogP contribution in [0.2, 0.25) is 0 Å². The Morgan fingerprint density at radius 3 is 2.36 bits per heavy atom. The fourth-order valence-electron chi connectivity index (χ4n) is 3.34. The van der Waals surface area contributed by atoms with E-state index in [2.05, 4.69) is 4.99 Å². The minimum absolute atomic E-state index is 0.210. The van der Waals surface area contributed by atoms with E-state index in [4.69, 9.17) is 0 Å². The largest absolute Gasteiger partial charge is 0.677 e. The Kier molecular flexibility index (Phi) is 4.53. The number of hydrogen-bond donors (Lipinski definition) is 0. The van der Waals surface area contributed by atoms with E-state index in [1.54, 1.807) is 18.4 Å². The summed E-state index contributed by atoms with van der Waals surface area (Å²) in [6.07, 6.45) is 6.94. The lowest BCUT2D eigenvalue weighted by Gasteiger charge is -2.18. The summed E-state index contributed by atoms with van der Waals surface area (Å²) in [6.45, 7) is 5.90. The highest BCUT2D eigenvalue weighted by molar-refractivity contribution is 6.41. The number of aryl methyl sites for hydroxylation is 3. The van der Waals surface area contributed by atoms with Gasteiger partial charge in [-0.05, 0) is 55.7 Å². The molecule has 0 bridgehead atoms. The second-order valence-electron chi connectivity index (χ2n) is 6.13. The predicted octanol–water partition coefficient (Wildman–Crippen LogP) is 4.40. The molecule has 2 aromatic rings. The highest BCUT2D eigenvalue weighted by Gasteiger charge is 2.26. The van der Waals surface area contributed by atoms with Crippen LogP contribution >= 0.6 is 0 Å². The monoisotopic (exact) mass is 338 g/mol. The molecule has 3 rings (SSSR count). The van der Waals surface area contributed by atoms with E-state index < -0.39 is 7.40 Å². The van der Waals surface area contributed by atoms with Gasteiger partial charge < -0.3 is 4.48 Å². The summed E-state index contributed by atoms with van der Waals surface area (Å²) >= 11 is 0. The van der Waals surface area contributed by atoms with Crippen LogP contribution in [0.15, 0.2) is 47.2 Å². The van der Waals surface area contributed by atoms with Crippen LogP contribution in [0.5, 0.6) is 0 Å². The standard InChI is InChI=1S/C19H17BF2N2O/c1-12-7-13(2)18(14(3)8-12)19(16-5-4-6-23-16)17-9-15(11-25)10-24(17)20(21)22/h4-11H,1-3H3/b19-16+. The molecule has 3 nitrogen and oxygen atoms in total. The molecule has 6 heteroatoms. The van der Waals surface area contributed by atoms with Crippen molar-refractivity contribution in [2.45, 2.75) is 20.8 Å². The molecule has 0 fully saturated rings. The van der Waals surface area contributed by atoms with Gasteiger partial charge in [-0.25, -0.2) is 0 Å². The smallest absolute Gasteiger partial charge is 0.331 e. The van der Waals surface area contributed by atoms with Gasteiger partial charge in [0.05, 0.1) is 5.70 Å². The number of aldehydes is 1. The van der Waals surface area contributed by atoms with Crippen molar-refractivity contribution in [1.82, 2.24) is 4.48 Å². The molecule has 0 spiro atoms. The average Bonchev–Trinajstić information content (AvgIpc) is 3.20. The zero-order valence-corrected chi connectivity index (χ0v) is 14.3. The van der Waals surface area contributed by atoms with E-state index in [-0.39, 0.29) is 11.3 Å². The third-order valence-corrected chi connectivity index (χ3v) is 4.21. The second-order valence-corrected chi connectivity index (χ2v) is 6.13. The van der Waals surface area contributed by atoms with Gasteiger partial charge in [0.2, 0.25) is 0 Å². The quantitative estimate of drug-likeness (QED) is 0.601. The molecular formula is C19H17BF2N2O.